The summed E-state index contributed by atoms with van der Waals surface area (Å²) in [6.07, 6.45) is 0.302. The first-order valence-corrected chi connectivity index (χ1v) is 10.8. The highest BCUT2D eigenvalue weighted by Gasteiger charge is 2.11. The Hall–Kier alpha value is -2.44. The zero-order valence-corrected chi connectivity index (χ0v) is 18.3. The molecule has 0 unspecified atom stereocenters. The lowest BCUT2D eigenvalue weighted by molar-refractivity contribution is -0.117. The molecular formula is C23H28N2O3S. The van der Waals surface area contributed by atoms with Gasteiger partial charge in [-0.1, -0.05) is 35.1 Å². The van der Waals surface area contributed by atoms with Crippen molar-refractivity contribution >= 4 is 27.5 Å². The number of ether oxygens (including phenoxy) is 2. The summed E-state index contributed by atoms with van der Waals surface area (Å²) in [5.41, 5.74) is 4.37. The Morgan fingerprint density at radius 1 is 1.10 bits per heavy atom. The van der Waals surface area contributed by atoms with Crippen LogP contribution in [0.15, 0.2) is 41.4 Å². The molecule has 0 aliphatic rings. The first-order chi connectivity index (χ1) is 14.0. The highest BCUT2D eigenvalue weighted by atomic mass is 32.1. The second-order valence-electron chi connectivity index (χ2n) is 6.91. The van der Waals surface area contributed by atoms with Gasteiger partial charge in [-0.3, -0.25) is 4.79 Å². The van der Waals surface area contributed by atoms with E-state index in [1.54, 1.807) is 0 Å². The van der Waals surface area contributed by atoms with Crippen LogP contribution < -0.4 is 9.54 Å². The minimum atomic E-state index is -0.140. The molecule has 0 bridgehead atoms. The molecule has 0 saturated carbocycles. The molecule has 0 aliphatic carbocycles. The lowest BCUT2D eigenvalue weighted by atomic mass is 10.0. The van der Waals surface area contributed by atoms with Gasteiger partial charge in [0.25, 0.3) is 5.91 Å². The van der Waals surface area contributed by atoms with Gasteiger partial charge in [-0.15, -0.1) is 0 Å². The Bertz CT molecular complexity index is 1070. The monoisotopic (exact) mass is 412 g/mol. The van der Waals surface area contributed by atoms with E-state index < -0.39 is 0 Å². The molecule has 1 amide bonds. The van der Waals surface area contributed by atoms with E-state index in [-0.39, 0.29) is 5.91 Å². The summed E-state index contributed by atoms with van der Waals surface area (Å²) < 4.78 is 14.3. The van der Waals surface area contributed by atoms with E-state index in [0.29, 0.717) is 37.6 Å². The average molecular weight is 413 g/mol. The highest BCUT2D eigenvalue weighted by molar-refractivity contribution is 7.16. The molecule has 0 radical (unpaired) electrons. The number of amides is 1. The molecule has 2 aromatic carbocycles. The summed E-state index contributed by atoms with van der Waals surface area (Å²) in [4.78, 5) is 17.9. The van der Waals surface area contributed by atoms with Crippen molar-refractivity contribution in [1.82, 2.24) is 4.57 Å². The van der Waals surface area contributed by atoms with Crippen molar-refractivity contribution in [2.45, 2.75) is 40.7 Å². The number of fused-ring (bicyclic) bond motifs is 1. The van der Waals surface area contributed by atoms with Gasteiger partial charge in [0.2, 0.25) is 0 Å². The van der Waals surface area contributed by atoms with E-state index >= 15 is 0 Å². The molecule has 0 fully saturated rings. The topological polar surface area (TPSA) is 52.8 Å². The van der Waals surface area contributed by atoms with E-state index in [2.05, 4.69) is 22.5 Å². The van der Waals surface area contributed by atoms with Crippen molar-refractivity contribution in [3.05, 3.63) is 57.9 Å². The molecule has 5 nitrogen and oxygen atoms in total. The minimum absolute atomic E-state index is 0.140. The summed E-state index contributed by atoms with van der Waals surface area (Å²) >= 11 is 1.51. The summed E-state index contributed by atoms with van der Waals surface area (Å²) in [6, 6.07) is 12.1. The Labute approximate surface area is 175 Å². The van der Waals surface area contributed by atoms with Gasteiger partial charge < -0.3 is 14.0 Å². The molecule has 29 heavy (non-hydrogen) atoms. The van der Waals surface area contributed by atoms with E-state index in [4.69, 9.17) is 9.47 Å². The van der Waals surface area contributed by atoms with Crippen LogP contribution in [-0.2, 0) is 22.5 Å². The van der Waals surface area contributed by atoms with Crippen molar-refractivity contribution < 1.29 is 14.3 Å². The highest BCUT2D eigenvalue weighted by Crippen LogP contribution is 2.23. The molecule has 1 heterocycles. The third-order valence-electron chi connectivity index (χ3n) is 4.69. The second-order valence-corrected chi connectivity index (χ2v) is 7.92. The maximum absolute atomic E-state index is 12.7. The standard InChI is InChI=1S/C23H28N2O3S/c1-5-27-12-11-25-20-10-9-19(28-6-2)15-21(20)29-23(25)24-22(26)14-18-8-7-16(3)13-17(18)4/h7-10,13,15H,5-6,11-12,14H2,1-4H3. The summed E-state index contributed by atoms with van der Waals surface area (Å²) in [5, 5.41) is 0. The quantitative estimate of drug-likeness (QED) is 0.515. The molecular weight excluding hydrogens is 384 g/mol. The fourth-order valence-corrected chi connectivity index (χ4v) is 4.37. The average Bonchev–Trinajstić information content (AvgIpc) is 3.01. The normalized spacial score (nSPS) is 11.9. The Morgan fingerprint density at radius 2 is 1.93 bits per heavy atom. The molecule has 154 valence electrons. The first-order valence-electron chi connectivity index (χ1n) is 9.99. The largest absolute Gasteiger partial charge is 0.494 e. The number of aromatic nitrogens is 1. The predicted molar refractivity (Wildman–Crippen MR) is 118 cm³/mol. The van der Waals surface area contributed by atoms with Crippen molar-refractivity contribution in [2.24, 2.45) is 4.99 Å². The van der Waals surface area contributed by atoms with Gasteiger partial charge in [-0.25, -0.2) is 0 Å². The van der Waals surface area contributed by atoms with Crippen molar-refractivity contribution in [3.8, 4) is 5.75 Å². The van der Waals surface area contributed by atoms with Crippen LogP contribution in [0, 0.1) is 13.8 Å². The zero-order chi connectivity index (χ0) is 20.8. The van der Waals surface area contributed by atoms with Gasteiger partial charge in [0.05, 0.1) is 29.9 Å². The third-order valence-corrected chi connectivity index (χ3v) is 5.73. The summed E-state index contributed by atoms with van der Waals surface area (Å²) in [5.74, 6) is 0.685. The van der Waals surface area contributed by atoms with Crippen LogP contribution in [0.1, 0.15) is 30.5 Å². The molecule has 1 aromatic heterocycles. The van der Waals surface area contributed by atoms with Crippen molar-refractivity contribution in [2.75, 3.05) is 19.8 Å². The smallest absolute Gasteiger partial charge is 0.252 e. The molecule has 3 aromatic rings. The number of rotatable bonds is 8. The maximum atomic E-state index is 12.7. The van der Waals surface area contributed by atoms with Crippen LogP contribution in [0.5, 0.6) is 5.75 Å². The van der Waals surface area contributed by atoms with E-state index in [9.17, 15) is 4.79 Å². The predicted octanol–water partition coefficient (Wildman–Crippen LogP) is 4.42. The third kappa shape index (κ3) is 5.34. The lowest BCUT2D eigenvalue weighted by Gasteiger charge is -2.07. The number of nitrogens with zero attached hydrogens (tertiary/aromatic N) is 2. The number of hydrogen-bond acceptors (Lipinski definition) is 4. The minimum Gasteiger partial charge on any atom is -0.494 e. The second kappa shape index (κ2) is 9.85. The number of aryl methyl sites for hydroxylation is 2. The van der Waals surface area contributed by atoms with Crippen LogP contribution in [0.25, 0.3) is 10.2 Å². The van der Waals surface area contributed by atoms with Crippen LogP contribution in [0.4, 0.5) is 0 Å². The number of hydrogen-bond donors (Lipinski definition) is 0. The number of carbonyl (C=O) groups is 1. The van der Waals surface area contributed by atoms with Crippen LogP contribution in [-0.4, -0.2) is 30.3 Å². The Morgan fingerprint density at radius 3 is 2.66 bits per heavy atom. The SMILES string of the molecule is CCOCCn1c(=NC(=O)Cc2ccc(C)cc2C)sc2cc(OCC)ccc21. The molecule has 0 atom stereocenters. The zero-order valence-electron chi connectivity index (χ0n) is 17.5. The molecule has 0 N–H and O–H groups in total. The van der Waals surface area contributed by atoms with Gasteiger partial charge in [-0.2, -0.15) is 4.99 Å². The number of benzene rings is 2. The number of thiazole rings is 1. The molecule has 0 aliphatic heterocycles. The van der Waals surface area contributed by atoms with Gasteiger partial charge in [0.15, 0.2) is 4.80 Å². The van der Waals surface area contributed by atoms with Gasteiger partial charge in [-0.05, 0) is 57.0 Å². The fraction of sp³-hybridized carbons (Fsp3) is 0.391. The Kier molecular flexibility index (Phi) is 7.23. The van der Waals surface area contributed by atoms with Crippen molar-refractivity contribution in [1.29, 1.82) is 0 Å². The van der Waals surface area contributed by atoms with Gasteiger partial charge in [0.1, 0.15) is 5.75 Å². The van der Waals surface area contributed by atoms with Gasteiger partial charge >= 0.3 is 0 Å². The molecule has 0 saturated heterocycles. The summed E-state index contributed by atoms with van der Waals surface area (Å²) in [6.45, 7) is 10.5. The summed E-state index contributed by atoms with van der Waals surface area (Å²) in [7, 11) is 0. The Balaban J connectivity index is 1.96. The van der Waals surface area contributed by atoms with Crippen molar-refractivity contribution in [3.63, 3.8) is 0 Å². The molecule has 0 spiro atoms. The maximum Gasteiger partial charge on any atom is 0.252 e. The van der Waals surface area contributed by atoms with Crippen LogP contribution >= 0.6 is 11.3 Å². The first kappa shape index (κ1) is 21.3. The number of carbonyl (C=O) groups excluding carboxylic acids is 1. The fourth-order valence-electron chi connectivity index (χ4n) is 3.26. The van der Waals surface area contributed by atoms with Crippen LogP contribution in [0.3, 0.4) is 0 Å². The molecule has 6 heteroatoms. The van der Waals surface area contributed by atoms with E-state index in [1.165, 1.54) is 16.9 Å². The van der Waals surface area contributed by atoms with E-state index in [0.717, 1.165) is 27.1 Å². The van der Waals surface area contributed by atoms with Crippen LogP contribution in [0.2, 0.25) is 0 Å². The molecule has 3 rings (SSSR count). The lowest BCUT2D eigenvalue weighted by Crippen LogP contribution is -2.20. The van der Waals surface area contributed by atoms with E-state index in [1.807, 2.05) is 51.1 Å². The van der Waals surface area contributed by atoms with Gasteiger partial charge in [0, 0.05) is 13.2 Å².